The number of nitrogens with two attached hydrogens (primary N) is 1. The molecule has 0 saturated carbocycles. The van der Waals surface area contributed by atoms with Crippen molar-refractivity contribution in [3.05, 3.63) is 0 Å². The predicted molar refractivity (Wildman–Crippen MR) is 50.5 cm³/mol. The van der Waals surface area contributed by atoms with Gasteiger partial charge in [-0.2, -0.15) is 11.8 Å². The van der Waals surface area contributed by atoms with Crippen LogP contribution < -0.4 is 5.73 Å². The van der Waals surface area contributed by atoms with Crippen LogP contribution in [0, 0.1) is 0 Å². The van der Waals surface area contributed by atoms with Gasteiger partial charge < -0.3 is 5.73 Å². The van der Waals surface area contributed by atoms with Crippen LogP contribution in [-0.4, -0.2) is 17.5 Å². The molecule has 1 atom stereocenters. The number of hydrogen-bond acceptors (Lipinski definition) is 2. The summed E-state index contributed by atoms with van der Waals surface area (Å²) in [4.78, 5) is 0. The van der Waals surface area contributed by atoms with Crippen LogP contribution in [0.4, 0.5) is 0 Å². The maximum atomic E-state index is 5.38. The second-order valence-electron chi connectivity index (χ2n) is 2.61. The molecule has 0 bridgehead atoms. The van der Waals surface area contributed by atoms with Crippen molar-refractivity contribution in [2.45, 2.75) is 38.4 Å². The lowest BCUT2D eigenvalue weighted by Gasteiger charge is -2.08. The fourth-order valence-electron chi connectivity index (χ4n) is 0.844. The van der Waals surface area contributed by atoms with Crippen molar-refractivity contribution < 1.29 is 0 Å². The minimum Gasteiger partial charge on any atom is -0.330 e. The molecule has 0 rings (SSSR count). The maximum absolute atomic E-state index is 5.38. The molecule has 62 valence electrons. The smallest absolute Gasteiger partial charge is 0.00585 e. The molecule has 2 heteroatoms. The van der Waals surface area contributed by atoms with Gasteiger partial charge in [-0.3, -0.25) is 0 Å². The lowest BCUT2D eigenvalue weighted by molar-refractivity contribution is 0.713. The Balaban J connectivity index is 3.00. The van der Waals surface area contributed by atoms with Crippen LogP contribution in [0.2, 0.25) is 0 Å². The maximum Gasteiger partial charge on any atom is 0.00585 e. The second-order valence-corrected chi connectivity index (χ2v) is 4.16. The first-order chi connectivity index (χ1) is 4.81. The zero-order chi connectivity index (χ0) is 7.82. The second kappa shape index (κ2) is 7.42. The molecule has 2 N–H and O–H groups in total. The quantitative estimate of drug-likeness (QED) is 0.646. The molecule has 0 radical (unpaired) electrons. The van der Waals surface area contributed by atoms with Crippen LogP contribution in [0.1, 0.15) is 33.1 Å². The van der Waals surface area contributed by atoms with E-state index in [0.29, 0.717) is 0 Å². The highest BCUT2D eigenvalue weighted by Gasteiger charge is 1.99. The summed E-state index contributed by atoms with van der Waals surface area (Å²) in [5, 5.41) is 0.809. The van der Waals surface area contributed by atoms with Gasteiger partial charge in [-0.1, -0.05) is 26.7 Å². The van der Waals surface area contributed by atoms with Gasteiger partial charge >= 0.3 is 0 Å². The Labute approximate surface area is 68.8 Å². The molecular formula is C8H19NS. The Bertz CT molecular complexity index is 58.3. The average Bonchev–Trinajstić information content (AvgIpc) is 1.97. The van der Waals surface area contributed by atoms with Gasteiger partial charge in [0.25, 0.3) is 0 Å². The summed E-state index contributed by atoms with van der Waals surface area (Å²) in [6, 6.07) is 0. The molecule has 0 aliphatic heterocycles. The lowest BCUT2D eigenvalue weighted by atomic mass is 10.2. The van der Waals surface area contributed by atoms with Crippen LogP contribution >= 0.6 is 11.8 Å². The largest absolute Gasteiger partial charge is 0.330 e. The summed E-state index contributed by atoms with van der Waals surface area (Å²) in [6.07, 6.45) is 4.02. The molecule has 0 aromatic heterocycles. The predicted octanol–water partition coefficient (Wildman–Crippen LogP) is 2.26. The Kier molecular flexibility index (Phi) is 7.65. The molecule has 0 amide bonds. The molecule has 0 aromatic rings. The van der Waals surface area contributed by atoms with Gasteiger partial charge in [-0.25, -0.2) is 0 Å². The summed E-state index contributed by atoms with van der Waals surface area (Å²) in [6.45, 7) is 5.34. The zero-order valence-corrected chi connectivity index (χ0v) is 7.91. The Morgan fingerprint density at radius 2 is 2.20 bits per heavy atom. The van der Waals surface area contributed by atoms with E-state index in [1.54, 1.807) is 0 Å². The SMILES string of the molecule is CCCCC(C)SCCN. The third kappa shape index (κ3) is 6.43. The van der Waals surface area contributed by atoms with Crippen LogP contribution in [-0.2, 0) is 0 Å². The van der Waals surface area contributed by atoms with Gasteiger partial charge in [-0.15, -0.1) is 0 Å². The molecule has 0 aromatic carbocycles. The molecule has 0 heterocycles. The van der Waals surface area contributed by atoms with E-state index < -0.39 is 0 Å². The van der Waals surface area contributed by atoms with Gasteiger partial charge in [0.1, 0.15) is 0 Å². The van der Waals surface area contributed by atoms with Crippen LogP contribution in [0.5, 0.6) is 0 Å². The molecule has 1 unspecified atom stereocenters. The molecule has 0 fully saturated rings. The molecule has 10 heavy (non-hydrogen) atoms. The van der Waals surface area contributed by atoms with Crippen LogP contribution in [0.3, 0.4) is 0 Å². The van der Waals surface area contributed by atoms with E-state index in [9.17, 15) is 0 Å². The molecule has 0 aliphatic carbocycles. The van der Waals surface area contributed by atoms with E-state index in [2.05, 4.69) is 13.8 Å². The molecule has 0 aliphatic rings. The van der Waals surface area contributed by atoms with E-state index >= 15 is 0 Å². The van der Waals surface area contributed by atoms with Crippen LogP contribution in [0.25, 0.3) is 0 Å². The van der Waals surface area contributed by atoms with Gasteiger partial charge in [0.2, 0.25) is 0 Å². The summed E-state index contributed by atoms with van der Waals surface area (Å²) < 4.78 is 0. The van der Waals surface area contributed by atoms with Crippen molar-refractivity contribution in [1.29, 1.82) is 0 Å². The molecular weight excluding hydrogens is 142 g/mol. The standard InChI is InChI=1S/C8H19NS/c1-3-4-5-8(2)10-7-6-9/h8H,3-7,9H2,1-2H3. The van der Waals surface area contributed by atoms with E-state index in [-0.39, 0.29) is 0 Å². The molecule has 1 nitrogen and oxygen atoms in total. The van der Waals surface area contributed by atoms with Gasteiger partial charge in [-0.05, 0) is 6.42 Å². The fourth-order valence-corrected chi connectivity index (χ4v) is 1.72. The van der Waals surface area contributed by atoms with Crippen molar-refractivity contribution >= 4 is 11.8 Å². The first-order valence-corrected chi connectivity index (χ1v) is 5.17. The first kappa shape index (κ1) is 10.3. The lowest BCUT2D eigenvalue weighted by Crippen LogP contribution is -2.05. The Hall–Kier alpha value is 0.310. The van der Waals surface area contributed by atoms with E-state index in [1.807, 2.05) is 11.8 Å². The Morgan fingerprint density at radius 1 is 1.50 bits per heavy atom. The summed E-state index contributed by atoms with van der Waals surface area (Å²) in [7, 11) is 0. The van der Waals surface area contributed by atoms with Gasteiger partial charge in [0, 0.05) is 17.5 Å². The number of hydrogen-bond donors (Lipinski definition) is 1. The average molecular weight is 161 g/mol. The minimum absolute atomic E-state index is 0.809. The number of rotatable bonds is 6. The topological polar surface area (TPSA) is 26.0 Å². The van der Waals surface area contributed by atoms with E-state index in [0.717, 1.165) is 17.5 Å². The van der Waals surface area contributed by atoms with Crippen molar-refractivity contribution in [2.75, 3.05) is 12.3 Å². The van der Waals surface area contributed by atoms with Crippen molar-refractivity contribution in [3.63, 3.8) is 0 Å². The van der Waals surface area contributed by atoms with Crippen molar-refractivity contribution in [3.8, 4) is 0 Å². The minimum atomic E-state index is 0.809. The van der Waals surface area contributed by atoms with Crippen molar-refractivity contribution in [2.24, 2.45) is 5.73 Å². The highest BCUT2D eigenvalue weighted by Crippen LogP contribution is 2.15. The van der Waals surface area contributed by atoms with E-state index in [4.69, 9.17) is 5.73 Å². The molecule has 0 saturated heterocycles. The fraction of sp³-hybridized carbons (Fsp3) is 1.00. The summed E-state index contributed by atoms with van der Waals surface area (Å²) in [5.41, 5.74) is 5.38. The van der Waals surface area contributed by atoms with Gasteiger partial charge in [0.15, 0.2) is 0 Å². The number of unbranched alkanes of at least 4 members (excludes halogenated alkanes) is 1. The van der Waals surface area contributed by atoms with Gasteiger partial charge in [0.05, 0.1) is 0 Å². The van der Waals surface area contributed by atoms with Crippen LogP contribution in [0.15, 0.2) is 0 Å². The number of thioether (sulfide) groups is 1. The van der Waals surface area contributed by atoms with Crippen molar-refractivity contribution in [1.82, 2.24) is 0 Å². The Morgan fingerprint density at radius 3 is 2.70 bits per heavy atom. The monoisotopic (exact) mass is 161 g/mol. The first-order valence-electron chi connectivity index (χ1n) is 4.13. The third-order valence-corrected chi connectivity index (χ3v) is 2.76. The zero-order valence-electron chi connectivity index (χ0n) is 7.10. The third-order valence-electron chi connectivity index (χ3n) is 1.48. The highest BCUT2D eigenvalue weighted by molar-refractivity contribution is 7.99. The highest BCUT2D eigenvalue weighted by atomic mass is 32.2. The molecule has 0 spiro atoms. The summed E-state index contributed by atoms with van der Waals surface area (Å²) in [5.74, 6) is 1.12. The normalized spacial score (nSPS) is 13.5. The van der Waals surface area contributed by atoms with E-state index in [1.165, 1.54) is 19.3 Å². The summed E-state index contributed by atoms with van der Waals surface area (Å²) >= 11 is 1.99.